The number of pyridine rings is 1. The highest BCUT2D eigenvalue weighted by Gasteiger charge is 2.30. The fourth-order valence-corrected chi connectivity index (χ4v) is 3.56. The number of rotatable bonds is 1. The summed E-state index contributed by atoms with van der Waals surface area (Å²) in [5.41, 5.74) is 10.4. The SMILES string of the molecule is N#CC1=C(N)n2c(nc3ccccc32)N[C@H]1c1ccnc2ccccc12. The molecule has 0 spiro atoms. The Morgan fingerprint density at radius 3 is 2.65 bits per heavy atom. The van der Waals surface area contributed by atoms with Gasteiger partial charge in [0.15, 0.2) is 0 Å². The Morgan fingerprint density at radius 1 is 1.04 bits per heavy atom. The van der Waals surface area contributed by atoms with Gasteiger partial charge in [-0.25, -0.2) is 4.98 Å². The van der Waals surface area contributed by atoms with E-state index in [0.717, 1.165) is 27.5 Å². The monoisotopic (exact) mass is 338 g/mol. The molecule has 124 valence electrons. The predicted octanol–water partition coefficient (Wildman–Crippen LogP) is 3.40. The van der Waals surface area contributed by atoms with Crippen LogP contribution in [-0.4, -0.2) is 14.5 Å². The first-order valence-corrected chi connectivity index (χ1v) is 8.25. The van der Waals surface area contributed by atoms with Crippen molar-refractivity contribution in [3.63, 3.8) is 0 Å². The van der Waals surface area contributed by atoms with E-state index < -0.39 is 0 Å². The van der Waals surface area contributed by atoms with Crippen molar-refractivity contribution in [3.05, 3.63) is 71.9 Å². The Bertz CT molecular complexity index is 1240. The van der Waals surface area contributed by atoms with Crippen LogP contribution >= 0.6 is 0 Å². The Kier molecular flexibility index (Phi) is 2.97. The quantitative estimate of drug-likeness (QED) is 0.555. The third-order valence-electron chi connectivity index (χ3n) is 4.75. The number of para-hydroxylation sites is 3. The number of nitrogens with two attached hydrogens (primary N) is 1. The Labute approximate surface area is 149 Å². The van der Waals surface area contributed by atoms with Crippen LogP contribution in [0.25, 0.3) is 27.8 Å². The van der Waals surface area contributed by atoms with Crippen molar-refractivity contribution in [1.29, 1.82) is 5.26 Å². The molecular formula is C20H14N6. The maximum absolute atomic E-state index is 9.82. The number of fused-ring (bicyclic) bond motifs is 4. The molecule has 1 aliphatic heterocycles. The average Bonchev–Trinajstić information content (AvgIpc) is 3.06. The summed E-state index contributed by atoms with van der Waals surface area (Å²) in [4.78, 5) is 9.05. The van der Waals surface area contributed by atoms with Gasteiger partial charge < -0.3 is 11.1 Å². The lowest BCUT2D eigenvalue weighted by Gasteiger charge is -2.27. The topological polar surface area (TPSA) is 92.5 Å². The summed E-state index contributed by atoms with van der Waals surface area (Å²) in [6, 6.07) is 19.4. The van der Waals surface area contributed by atoms with Crippen LogP contribution in [0.4, 0.5) is 5.95 Å². The zero-order chi connectivity index (χ0) is 17.7. The molecule has 5 rings (SSSR count). The average molecular weight is 338 g/mol. The molecule has 3 heterocycles. The van der Waals surface area contributed by atoms with E-state index in [-0.39, 0.29) is 6.04 Å². The van der Waals surface area contributed by atoms with Crippen LogP contribution in [0.15, 0.2) is 66.4 Å². The largest absolute Gasteiger partial charge is 0.384 e. The van der Waals surface area contributed by atoms with Crippen molar-refractivity contribution in [3.8, 4) is 6.07 Å². The van der Waals surface area contributed by atoms with Crippen LogP contribution in [0.5, 0.6) is 0 Å². The Morgan fingerprint density at radius 2 is 1.81 bits per heavy atom. The fourth-order valence-electron chi connectivity index (χ4n) is 3.56. The van der Waals surface area contributed by atoms with Crippen molar-refractivity contribution in [2.24, 2.45) is 5.73 Å². The van der Waals surface area contributed by atoms with E-state index in [2.05, 4.69) is 21.4 Å². The second kappa shape index (κ2) is 5.33. The second-order valence-electron chi connectivity index (χ2n) is 6.16. The van der Waals surface area contributed by atoms with Gasteiger partial charge in [-0.05, 0) is 29.8 Å². The molecule has 1 atom stereocenters. The van der Waals surface area contributed by atoms with Crippen LogP contribution < -0.4 is 11.1 Å². The molecule has 0 fully saturated rings. The van der Waals surface area contributed by atoms with Gasteiger partial charge in [0.25, 0.3) is 0 Å². The molecule has 0 amide bonds. The van der Waals surface area contributed by atoms with Gasteiger partial charge in [-0.3, -0.25) is 9.55 Å². The first-order valence-electron chi connectivity index (χ1n) is 8.25. The first kappa shape index (κ1) is 14.5. The third-order valence-corrected chi connectivity index (χ3v) is 4.75. The molecule has 0 radical (unpaired) electrons. The van der Waals surface area contributed by atoms with Gasteiger partial charge in [-0.15, -0.1) is 0 Å². The zero-order valence-corrected chi connectivity index (χ0v) is 13.7. The number of nitriles is 1. The molecule has 3 N–H and O–H groups in total. The number of imidazole rings is 1. The van der Waals surface area contributed by atoms with Gasteiger partial charge in [-0.1, -0.05) is 30.3 Å². The van der Waals surface area contributed by atoms with E-state index in [1.165, 1.54) is 0 Å². The molecule has 1 aliphatic rings. The van der Waals surface area contributed by atoms with Gasteiger partial charge in [0, 0.05) is 11.6 Å². The molecule has 0 bridgehead atoms. The number of hydrogen-bond acceptors (Lipinski definition) is 5. The van der Waals surface area contributed by atoms with Crippen molar-refractivity contribution >= 4 is 33.7 Å². The molecule has 6 nitrogen and oxygen atoms in total. The minimum atomic E-state index is -0.378. The minimum Gasteiger partial charge on any atom is -0.384 e. The summed E-state index contributed by atoms with van der Waals surface area (Å²) in [5.74, 6) is 1.04. The fraction of sp³-hybridized carbons (Fsp3) is 0.0500. The molecule has 2 aromatic heterocycles. The lowest BCUT2D eigenvalue weighted by atomic mass is 9.95. The molecule has 26 heavy (non-hydrogen) atoms. The molecule has 0 aliphatic carbocycles. The summed E-state index contributed by atoms with van der Waals surface area (Å²) in [6.45, 7) is 0. The van der Waals surface area contributed by atoms with Gasteiger partial charge in [0.1, 0.15) is 11.9 Å². The third kappa shape index (κ3) is 1.91. The Hall–Kier alpha value is -3.85. The van der Waals surface area contributed by atoms with Crippen molar-refractivity contribution in [2.75, 3.05) is 5.32 Å². The first-order chi connectivity index (χ1) is 12.8. The predicted molar refractivity (Wildman–Crippen MR) is 101 cm³/mol. The highest BCUT2D eigenvalue weighted by molar-refractivity contribution is 5.88. The van der Waals surface area contributed by atoms with E-state index in [9.17, 15) is 5.26 Å². The lowest BCUT2D eigenvalue weighted by molar-refractivity contribution is 0.862. The lowest BCUT2D eigenvalue weighted by Crippen LogP contribution is -2.26. The number of nitrogens with one attached hydrogen (secondary N) is 1. The van der Waals surface area contributed by atoms with E-state index in [1.807, 2.05) is 54.6 Å². The van der Waals surface area contributed by atoms with E-state index >= 15 is 0 Å². The zero-order valence-electron chi connectivity index (χ0n) is 13.7. The summed E-state index contributed by atoms with van der Waals surface area (Å²) >= 11 is 0. The highest BCUT2D eigenvalue weighted by atomic mass is 15.3. The van der Waals surface area contributed by atoms with Crippen LogP contribution in [0, 0.1) is 11.3 Å². The van der Waals surface area contributed by atoms with Crippen molar-refractivity contribution in [2.45, 2.75) is 6.04 Å². The van der Waals surface area contributed by atoms with Crippen LogP contribution in [0.1, 0.15) is 11.6 Å². The van der Waals surface area contributed by atoms with Gasteiger partial charge in [0.2, 0.25) is 5.95 Å². The molecule has 0 unspecified atom stereocenters. The molecule has 2 aromatic carbocycles. The maximum Gasteiger partial charge on any atom is 0.210 e. The number of benzene rings is 2. The summed E-state index contributed by atoms with van der Waals surface area (Å²) < 4.78 is 1.80. The van der Waals surface area contributed by atoms with Crippen LogP contribution in [-0.2, 0) is 0 Å². The Balaban J connectivity index is 1.77. The molecular weight excluding hydrogens is 324 g/mol. The van der Waals surface area contributed by atoms with Crippen molar-refractivity contribution in [1.82, 2.24) is 14.5 Å². The molecule has 0 saturated carbocycles. The minimum absolute atomic E-state index is 0.378. The molecule has 6 heteroatoms. The summed E-state index contributed by atoms with van der Waals surface area (Å²) in [5, 5.41) is 14.2. The summed E-state index contributed by atoms with van der Waals surface area (Å²) in [7, 11) is 0. The number of anilines is 1. The van der Waals surface area contributed by atoms with Crippen LogP contribution in [0.3, 0.4) is 0 Å². The van der Waals surface area contributed by atoms with E-state index in [0.29, 0.717) is 17.3 Å². The standard InChI is InChI=1S/C20H14N6/c21-11-14-18(13-9-10-23-15-6-2-1-5-12(13)15)25-20-24-16-7-3-4-8-17(16)26(20)19(14)22/h1-10,18H,22H2,(H,24,25)/t18-/m0/s1. The molecule has 4 aromatic rings. The second-order valence-corrected chi connectivity index (χ2v) is 6.16. The molecule has 0 saturated heterocycles. The van der Waals surface area contributed by atoms with Gasteiger partial charge in [-0.2, -0.15) is 5.26 Å². The highest BCUT2D eigenvalue weighted by Crippen LogP contribution is 2.38. The van der Waals surface area contributed by atoms with Gasteiger partial charge >= 0.3 is 0 Å². The number of aromatic nitrogens is 3. The maximum atomic E-state index is 9.82. The smallest absolute Gasteiger partial charge is 0.210 e. The summed E-state index contributed by atoms with van der Waals surface area (Å²) in [6.07, 6.45) is 1.75. The van der Waals surface area contributed by atoms with Crippen molar-refractivity contribution < 1.29 is 0 Å². The van der Waals surface area contributed by atoms with Crippen LogP contribution in [0.2, 0.25) is 0 Å². The van der Waals surface area contributed by atoms with E-state index in [4.69, 9.17) is 5.73 Å². The normalized spacial score (nSPS) is 16.3. The van der Waals surface area contributed by atoms with Gasteiger partial charge in [0.05, 0.1) is 28.2 Å². The van der Waals surface area contributed by atoms with E-state index in [1.54, 1.807) is 10.8 Å². The number of nitrogens with zero attached hydrogens (tertiary/aromatic N) is 4. The number of hydrogen-bond donors (Lipinski definition) is 2.